The average molecular weight is 350 g/mol. The van der Waals surface area contributed by atoms with Crippen LogP contribution in [0.25, 0.3) is 0 Å². The molecule has 1 amide bonds. The molecule has 1 saturated heterocycles. The molecule has 0 atom stereocenters. The molecule has 7 nitrogen and oxygen atoms in total. The molecule has 0 spiro atoms. The van der Waals surface area contributed by atoms with E-state index in [0.717, 1.165) is 37.3 Å². The minimum absolute atomic E-state index is 0.0142. The van der Waals surface area contributed by atoms with E-state index in [2.05, 4.69) is 39.2 Å². The summed E-state index contributed by atoms with van der Waals surface area (Å²) in [7, 11) is 0. The predicted octanol–water partition coefficient (Wildman–Crippen LogP) is 2.72. The van der Waals surface area contributed by atoms with E-state index in [1.165, 1.54) is 0 Å². The van der Waals surface area contributed by atoms with Gasteiger partial charge in [0, 0.05) is 25.2 Å². The van der Waals surface area contributed by atoms with Gasteiger partial charge >= 0.3 is 0 Å². The summed E-state index contributed by atoms with van der Waals surface area (Å²) in [6.07, 6.45) is 3.31. The maximum Gasteiger partial charge on any atom is 0.228 e. The topological polar surface area (TPSA) is 94.8 Å². The van der Waals surface area contributed by atoms with Crippen LogP contribution >= 0.6 is 0 Å². The van der Waals surface area contributed by atoms with Crippen LogP contribution in [0, 0.1) is 17.2 Å². The van der Waals surface area contributed by atoms with E-state index in [1.54, 1.807) is 12.1 Å². The van der Waals surface area contributed by atoms with E-state index >= 15 is 0 Å². The standard InChI is InChI=1S/C19H22N6O/c1-13(2)15-3-5-17(21-12-15)22-19(26)14-7-9-25(10-8-14)18-6-4-16(11-20)23-24-18/h3-6,12-14H,7-10H2,1-2H3,(H,21,22,26). The fourth-order valence-corrected chi connectivity index (χ4v) is 2.97. The van der Waals surface area contributed by atoms with Gasteiger partial charge in [-0.15, -0.1) is 10.2 Å². The molecular weight excluding hydrogens is 328 g/mol. The highest BCUT2D eigenvalue weighted by Crippen LogP contribution is 2.23. The number of carbonyl (C=O) groups is 1. The van der Waals surface area contributed by atoms with Gasteiger partial charge in [-0.3, -0.25) is 4.79 Å². The first-order valence-corrected chi connectivity index (χ1v) is 8.82. The van der Waals surface area contributed by atoms with Gasteiger partial charge in [0.25, 0.3) is 0 Å². The van der Waals surface area contributed by atoms with Crippen molar-refractivity contribution in [2.45, 2.75) is 32.6 Å². The molecule has 1 aliphatic heterocycles. The second kappa shape index (κ2) is 7.91. The Morgan fingerprint density at radius 3 is 2.54 bits per heavy atom. The second-order valence-corrected chi connectivity index (χ2v) is 6.77. The first-order valence-electron chi connectivity index (χ1n) is 8.82. The number of pyridine rings is 1. The molecule has 2 aromatic rings. The van der Waals surface area contributed by atoms with Gasteiger partial charge in [0.15, 0.2) is 11.5 Å². The molecule has 134 valence electrons. The van der Waals surface area contributed by atoms with E-state index in [-0.39, 0.29) is 11.8 Å². The highest BCUT2D eigenvalue weighted by Gasteiger charge is 2.26. The number of carbonyl (C=O) groups excluding carboxylic acids is 1. The van der Waals surface area contributed by atoms with Crippen LogP contribution in [0.1, 0.15) is 43.9 Å². The number of rotatable bonds is 4. The number of nitrogens with one attached hydrogen (secondary N) is 1. The van der Waals surface area contributed by atoms with Crippen molar-refractivity contribution in [3.05, 3.63) is 41.7 Å². The van der Waals surface area contributed by atoms with E-state index in [0.29, 0.717) is 17.4 Å². The maximum atomic E-state index is 12.5. The second-order valence-electron chi connectivity index (χ2n) is 6.77. The smallest absolute Gasteiger partial charge is 0.228 e. The Morgan fingerprint density at radius 1 is 1.23 bits per heavy atom. The largest absolute Gasteiger partial charge is 0.355 e. The number of nitriles is 1. The van der Waals surface area contributed by atoms with Gasteiger partial charge in [0.05, 0.1) is 0 Å². The molecular formula is C19H22N6O. The van der Waals surface area contributed by atoms with Crippen molar-refractivity contribution in [2.24, 2.45) is 5.92 Å². The zero-order valence-corrected chi connectivity index (χ0v) is 15.0. The lowest BCUT2D eigenvalue weighted by molar-refractivity contribution is -0.120. The minimum atomic E-state index is -0.0378. The van der Waals surface area contributed by atoms with Crippen LogP contribution in [0.5, 0.6) is 0 Å². The van der Waals surface area contributed by atoms with Gasteiger partial charge in [-0.1, -0.05) is 19.9 Å². The fraction of sp³-hybridized carbons (Fsp3) is 0.421. The van der Waals surface area contributed by atoms with Crippen LogP contribution in [0.4, 0.5) is 11.6 Å². The van der Waals surface area contributed by atoms with E-state index in [4.69, 9.17) is 5.26 Å². The van der Waals surface area contributed by atoms with Crippen molar-refractivity contribution in [1.82, 2.24) is 15.2 Å². The molecule has 1 aliphatic rings. The number of nitrogens with zero attached hydrogens (tertiary/aromatic N) is 5. The summed E-state index contributed by atoms with van der Waals surface area (Å²) >= 11 is 0. The number of piperidine rings is 1. The minimum Gasteiger partial charge on any atom is -0.355 e. The first kappa shape index (κ1) is 17.8. The molecule has 1 N–H and O–H groups in total. The fourth-order valence-electron chi connectivity index (χ4n) is 2.97. The van der Waals surface area contributed by atoms with Crippen LogP contribution < -0.4 is 10.2 Å². The van der Waals surface area contributed by atoms with Crippen molar-refractivity contribution < 1.29 is 4.79 Å². The van der Waals surface area contributed by atoms with Gasteiger partial charge in [-0.2, -0.15) is 5.26 Å². The van der Waals surface area contributed by atoms with Crippen LogP contribution in [0.15, 0.2) is 30.5 Å². The Labute approximate surface area is 153 Å². The summed E-state index contributed by atoms with van der Waals surface area (Å²) in [5, 5.41) is 19.6. The quantitative estimate of drug-likeness (QED) is 0.911. The van der Waals surface area contributed by atoms with Crippen LogP contribution in [0.3, 0.4) is 0 Å². The van der Waals surface area contributed by atoms with Gasteiger partial charge in [0.2, 0.25) is 5.91 Å². The molecule has 3 rings (SSSR count). The lowest BCUT2D eigenvalue weighted by Crippen LogP contribution is -2.38. The lowest BCUT2D eigenvalue weighted by atomic mass is 9.96. The average Bonchev–Trinajstić information content (AvgIpc) is 2.68. The van der Waals surface area contributed by atoms with Crippen molar-refractivity contribution in [2.75, 3.05) is 23.3 Å². The number of amides is 1. The van der Waals surface area contributed by atoms with Gasteiger partial charge < -0.3 is 10.2 Å². The molecule has 3 heterocycles. The SMILES string of the molecule is CC(C)c1ccc(NC(=O)C2CCN(c3ccc(C#N)nn3)CC2)nc1. The molecule has 26 heavy (non-hydrogen) atoms. The van der Waals surface area contributed by atoms with Crippen molar-refractivity contribution in [1.29, 1.82) is 5.26 Å². The number of anilines is 2. The molecule has 7 heteroatoms. The highest BCUT2D eigenvalue weighted by molar-refractivity contribution is 5.91. The van der Waals surface area contributed by atoms with E-state index < -0.39 is 0 Å². The summed E-state index contributed by atoms with van der Waals surface area (Å²) in [5.41, 5.74) is 1.46. The van der Waals surface area contributed by atoms with Crippen molar-refractivity contribution in [3.8, 4) is 6.07 Å². The summed E-state index contributed by atoms with van der Waals surface area (Å²) in [6.45, 7) is 5.69. The molecule has 0 bridgehead atoms. The number of hydrogen-bond acceptors (Lipinski definition) is 6. The Hall–Kier alpha value is -3.01. The predicted molar refractivity (Wildman–Crippen MR) is 98.6 cm³/mol. The third-order valence-corrected chi connectivity index (χ3v) is 4.66. The summed E-state index contributed by atoms with van der Waals surface area (Å²) in [4.78, 5) is 18.9. The number of hydrogen-bond donors (Lipinski definition) is 1. The molecule has 0 aromatic carbocycles. The molecule has 1 fully saturated rings. The Kier molecular flexibility index (Phi) is 5.42. The summed E-state index contributed by atoms with van der Waals surface area (Å²) in [5.74, 6) is 1.74. The Balaban J connectivity index is 1.53. The monoisotopic (exact) mass is 350 g/mol. The normalized spacial score (nSPS) is 14.9. The Bertz CT molecular complexity index is 786. The molecule has 0 aliphatic carbocycles. The summed E-state index contributed by atoms with van der Waals surface area (Å²) < 4.78 is 0. The van der Waals surface area contributed by atoms with Gasteiger partial charge in [-0.25, -0.2) is 4.98 Å². The molecule has 0 unspecified atom stereocenters. The van der Waals surface area contributed by atoms with Crippen LogP contribution in [-0.4, -0.2) is 34.2 Å². The molecule has 2 aromatic heterocycles. The van der Waals surface area contributed by atoms with Gasteiger partial charge in [0.1, 0.15) is 11.9 Å². The lowest BCUT2D eigenvalue weighted by Gasteiger charge is -2.31. The molecule has 0 radical (unpaired) electrons. The first-order chi connectivity index (χ1) is 12.6. The van der Waals surface area contributed by atoms with Gasteiger partial charge in [-0.05, 0) is 42.5 Å². The number of aromatic nitrogens is 3. The third kappa shape index (κ3) is 4.14. The van der Waals surface area contributed by atoms with Crippen molar-refractivity contribution >= 4 is 17.5 Å². The van der Waals surface area contributed by atoms with Crippen LogP contribution in [0.2, 0.25) is 0 Å². The third-order valence-electron chi connectivity index (χ3n) is 4.66. The van der Waals surface area contributed by atoms with Crippen LogP contribution in [-0.2, 0) is 4.79 Å². The maximum absolute atomic E-state index is 12.5. The van der Waals surface area contributed by atoms with E-state index in [9.17, 15) is 4.79 Å². The zero-order valence-electron chi connectivity index (χ0n) is 15.0. The van der Waals surface area contributed by atoms with Crippen molar-refractivity contribution in [3.63, 3.8) is 0 Å². The summed E-state index contributed by atoms with van der Waals surface area (Å²) in [6, 6.07) is 9.27. The molecule has 0 saturated carbocycles. The zero-order chi connectivity index (χ0) is 18.5. The highest BCUT2D eigenvalue weighted by atomic mass is 16.1. The van der Waals surface area contributed by atoms with E-state index in [1.807, 2.05) is 24.4 Å². The Morgan fingerprint density at radius 2 is 2.00 bits per heavy atom.